The second-order valence-electron chi connectivity index (χ2n) is 7.02. The molecule has 2 heterocycles. The minimum absolute atomic E-state index is 0.116. The highest BCUT2D eigenvalue weighted by molar-refractivity contribution is 6.30. The van der Waals surface area contributed by atoms with Crippen LogP contribution in [0.15, 0.2) is 24.3 Å². The average molecular weight is 335 g/mol. The monoisotopic (exact) mass is 334 g/mol. The summed E-state index contributed by atoms with van der Waals surface area (Å²) in [5.41, 5.74) is 0.735. The molecule has 2 aliphatic heterocycles. The molecule has 23 heavy (non-hydrogen) atoms. The predicted octanol–water partition coefficient (Wildman–Crippen LogP) is 2.35. The number of benzene rings is 1. The Kier molecular flexibility index (Phi) is 4.08. The SMILES string of the molecule is O=C(N[C@@H]1COC[C@H]1N1CCCC1)C1(c2ccc(Cl)cc2)CC1. The van der Waals surface area contributed by atoms with Crippen molar-refractivity contribution < 1.29 is 9.53 Å². The fraction of sp³-hybridized carbons (Fsp3) is 0.611. The quantitative estimate of drug-likeness (QED) is 0.919. The van der Waals surface area contributed by atoms with Gasteiger partial charge in [0.25, 0.3) is 0 Å². The van der Waals surface area contributed by atoms with Crippen LogP contribution in [0.3, 0.4) is 0 Å². The normalized spacial score (nSPS) is 29.6. The van der Waals surface area contributed by atoms with Crippen LogP contribution in [-0.2, 0) is 14.9 Å². The lowest BCUT2D eigenvalue weighted by Gasteiger charge is -2.29. The summed E-state index contributed by atoms with van der Waals surface area (Å²) in [5.74, 6) is 0.152. The number of nitrogens with zero attached hydrogens (tertiary/aromatic N) is 1. The smallest absolute Gasteiger partial charge is 0.231 e. The van der Waals surface area contributed by atoms with E-state index in [1.165, 1.54) is 12.8 Å². The van der Waals surface area contributed by atoms with Crippen LogP contribution in [0.5, 0.6) is 0 Å². The van der Waals surface area contributed by atoms with Gasteiger partial charge in [-0.15, -0.1) is 0 Å². The van der Waals surface area contributed by atoms with E-state index in [0.29, 0.717) is 17.7 Å². The third-order valence-corrected chi connectivity index (χ3v) is 5.81. The molecule has 124 valence electrons. The molecule has 5 heteroatoms. The van der Waals surface area contributed by atoms with Gasteiger partial charge in [-0.25, -0.2) is 0 Å². The summed E-state index contributed by atoms with van der Waals surface area (Å²) >= 11 is 5.97. The van der Waals surface area contributed by atoms with Crippen molar-refractivity contribution in [3.05, 3.63) is 34.9 Å². The van der Waals surface area contributed by atoms with E-state index in [2.05, 4.69) is 10.2 Å². The molecule has 1 amide bonds. The minimum Gasteiger partial charge on any atom is -0.378 e. The van der Waals surface area contributed by atoms with Gasteiger partial charge in [0.15, 0.2) is 0 Å². The summed E-state index contributed by atoms with van der Waals surface area (Å²) in [5, 5.41) is 3.99. The van der Waals surface area contributed by atoms with Gasteiger partial charge in [0.05, 0.1) is 30.7 Å². The molecule has 1 aromatic carbocycles. The molecule has 2 saturated heterocycles. The second-order valence-corrected chi connectivity index (χ2v) is 7.45. The first kappa shape index (κ1) is 15.4. The number of hydrogen-bond donors (Lipinski definition) is 1. The van der Waals surface area contributed by atoms with Crippen LogP contribution < -0.4 is 5.32 Å². The lowest BCUT2D eigenvalue weighted by molar-refractivity contribution is -0.124. The van der Waals surface area contributed by atoms with Crippen molar-refractivity contribution in [2.24, 2.45) is 0 Å². The highest BCUT2D eigenvalue weighted by Crippen LogP contribution is 2.48. The van der Waals surface area contributed by atoms with Gasteiger partial charge in [-0.1, -0.05) is 23.7 Å². The fourth-order valence-electron chi connectivity index (χ4n) is 3.96. The van der Waals surface area contributed by atoms with Crippen molar-refractivity contribution in [2.75, 3.05) is 26.3 Å². The van der Waals surface area contributed by atoms with E-state index in [-0.39, 0.29) is 17.4 Å². The van der Waals surface area contributed by atoms with Crippen LogP contribution >= 0.6 is 11.6 Å². The molecular weight excluding hydrogens is 312 g/mol. The number of hydrogen-bond acceptors (Lipinski definition) is 3. The first-order chi connectivity index (χ1) is 11.2. The van der Waals surface area contributed by atoms with Gasteiger partial charge in [0.1, 0.15) is 0 Å². The van der Waals surface area contributed by atoms with Crippen molar-refractivity contribution in [3.8, 4) is 0 Å². The summed E-state index contributed by atoms with van der Waals surface area (Å²) in [4.78, 5) is 15.4. The maximum atomic E-state index is 12.9. The molecular formula is C18H23ClN2O2. The Hall–Kier alpha value is -1.10. The summed E-state index contributed by atoms with van der Waals surface area (Å²) in [7, 11) is 0. The maximum Gasteiger partial charge on any atom is 0.231 e. The summed E-state index contributed by atoms with van der Waals surface area (Å²) in [6, 6.07) is 8.16. The Morgan fingerprint density at radius 3 is 2.52 bits per heavy atom. The molecule has 0 radical (unpaired) electrons. The van der Waals surface area contributed by atoms with E-state index in [0.717, 1.165) is 38.1 Å². The van der Waals surface area contributed by atoms with Crippen molar-refractivity contribution in [1.82, 2.24) is 10.2 Å². The van der Waals surface area contributed by atoms with Crippen molar-refractivity contribution in [2.45, 2.75) is 43.2 Å². The second kappa shape index (κ2) is 6.08. The molecule has 3 aliphatic rings. The number of ether oxygens (including phenoxy) is 1. The highest BCUT2D eigenvalue weighted by Gasteiger charge is 2.52. The Morgan fingerprint density at radius 1 is 1.17 bits per heavy atom. The first-order valence-corrected chi connectivity index (χ1v) is 8.96. The number of halogens is 1. The topological polar surface area (TPSA) is 41.6 Å². The standard InChI is InChI=1S/C18H23ClN2O2/c19-14-5-3-13(4-6-14)18(7-8-18)17(22)20-15-11-23-12-16(15)21-9-1-2-10-21/h3-6,15-16H,1-2,7-12H2,(H,20,22)/t15-,16-/m1/s1. The summed E-state index contributed by atoms with van der Waals surface area (Å²) < 4.78 is 5.66. The van der Waals surface area contributed by atoms with Gasteiger partial charge in [-0.3, -0.25) is 9.69 Å². The van der Waals surface area contributed by atoms with E-state index in [1.807, 2.05) is 24.3 Å². The molecule has 1 aliphatic carbocycles. The number of likely N-dealkylation sites (tertiary alicyclic amines) is 1. The van der Waals surface area contributed by atoms with Gasteiger partial charge < -0.3 is 10.1 Å². The van der Waals surface area contributed by atoms with E-state index < -0.39 is 0 Å². The summed E-state index contributed by atoms with van der Waals surface area (Å²) in [6.07, 6.45) is 4.35. The van der Waals surface area contributed by atoms with Crippen LogP contribution in [0.25, 0.3) is 0 Å². The summed E-state index contributed by atoms with van der Waals surface area (Å²) in [6.45, 7) is 3.62. The molecule has 0 aromatic heterocycles. The molecule has 2 atom stereocenters. The fourth-order valence-corrected chi connectivity index (χ4v) is 4.09. The van der Waals surface area contributed by atoms with E-state index >= 15 is 0 Å². The van der Waals surface area contributed by atoms with E-state index in [9.17, 15) is 4.79 Å². The minimum atomic E-state index is -0.345. The van der Waals surface area contributed by atoms with Crippen LogP contribution in [0.2, 0.25) is 5.02 Å². The zero-order valence-electron chi connectivity index (χ0n) is 13.3. The number of carbonyl (C=O) groups excluding carboxylic acids is 1. The third kappa shape index (κ3) is 2.88. The first-order valence-electron chi connectivity index (χ1n) is 8.58. The van der Waals surface area contributed by atoms with Gasteiger partial charge in [0, 0.05) is 5.02 Å². The van der Waals surface area contributed by atoms with E-state index in [4.69, 9.17) is 16.3 Å². The van der Waals surface area contributed by atoms with Gasteiger partial charge in [0.2, 0.25) is 5.91 Å². The van der Waals surface area contributed by atoms with Gasteiger partial charge in [-0.05, 0) is 56.5 Å². The van der Waals surface area contributed by atoms with Crippen LogP contribution in [0.1, 0.15) is 31.2 Å². The van der Waals surface area contributed by atoms with Gasteiger partial charge in [-0.2, -0.15) is 0 Å². The molecule has 4 nitrogen and oxygen atoms in total. The highest BCUT2D eigenvalue weighted by atomic mass is 35.5. The van der Waals surface area contributed by atoms with Crippen LogP contribution in [0, 0.1) is 0 Å². The molecule has 0 spiro atoms. The molecule has 4 rings (SSSR count). The molecule has 0 unspecified atom stereocenters. The Bertz CT molecular complexity index is 579. The van der Waals surface area contributed by atoms with Crippen molar-refractivity contribution in [3.63, 3.8) is 0 Å². The number of amides is 1. The largest absolute Gasteiger partial charge is 0.378 e. The zero-order chi connectivity index (χ0) is 15.9. The Balaban J connectivity index is 1.45. The third-order valence-electron chi connectivity index (χ3n) is 5.56. The van der Waals surface area contributed by atoms with Crippen LogP contribution in [0.4, 0.5) is 0 Å². The molecule has 1 saturated carbocycles. The number of rotatable bonds is 4. The van der Waals surface area contributed by atoms with E-state index in [1.54, 1.807) is 0 Å². The number of carbonyl (C=O) groups is 1. The zero-order valence-corrected chi connectivity index (χ0v) is 14.0. The molecule has 0 bridgehead atoms. The van der Waals surface area contributed by atoms with Crippen LogP contribution in [-0.4, -0.2) is 49.2 Å². The lowest BCUT2D eigenvalue weighted by Crippen LogP contribution is -2.52. The molecule has 1 N–H and O–H groups in total. The number of nitrogens with one attached hydrogen (secondary N) is 1. The molecule has 3 fully saturated rings. The Labute approximate surface area is 142 Å². The van der Waals surface area contributed by atoms with Crippen molar-refractivity contribution in [1.29, 1.82) is 0 Å². The predicted molar refractivity (Wildman–Crippen MR) is 89.7 cm³/mol. The van der Waals surface area contributed by atoms with Crippen molar-refractivity contribution >= 4 is 17.5 Å². The molecule has 1 aromatic rings. The Morgan fingerprint density at radius 2 is 1.87 bits per heavy atom. The maximum absolute atomic E-state index is 12.9. The lowest BCUT2D eigenvalue weighted by atomic mass is 9.94. The average Bonchev–Trinajstić information content (AvgIpc) is 2.96. The van der Waals surface area contributed by atoms with Gasteiger partial charge >= 0.3 is 0 Å².